The van der Waals surface area contributed by atoms with Crippen molar-refractivity contribution < 1.29 is 19.1 Å². The van der Waals surface area contributed by atoms with Crippen molar-refractivity contribution in [1.29, 1.82) is 5.26 Å². The zero-order valence-corrected chi connectivity index (χ0v) is 15.7. The summed E-state index contributed by atoms with van der Waals surface area (Å²) in [5, 5.41) is 11.5. The van der Waals surface area contributed by atoms with Gasteiger partial charge in [-0.1, -0.05) is 0 Å². The standard InChI is InChI=1S/C19H24N4O4/c1-18(2,3)27-17(26)23-10-8-19(9-11-23,16(21)25)22-15(24)14-6-4-13(12-20)5-7-14/h4-7H,8-11H2,1-3H3,(H2,21,25)(H,22,24). The van der Waals surface area contributed by atoms with E-state index in [1.807, 2.05) is 6.07 Å². The third-order valence-corrected chi connectivity index (χ3v) is 4.37. The molecule has 0 unspecified atom stereocenters. The van der Waals surface area contributed by atoms with Crippen molar-refractivity contribution in [3.63, 3.8) is 0 Å². The number of carbonyl (C=O) groups is 3. The van der Waals surface area contributed by atoms with E-state index in [-0.39, 0.29) is 25.9 Å². The third-order valence-electron chi connectivity index (χ3n) is 4.37. The Morgan fingerprint density at radius 1 is 1.19 bits per heavy atom. The van der Waals surface area contributed by atoms with Crippen molar-refractivity contribution in [2.75, 3.05) is 13.1 Å². The highest BCUT2D eigenvalue weighted by atomic mass is 16.6. The number of primary amides is 1. The van der Waals surface area contributed by atoms with Gasteiger partial charge in [0.1, 0.15) is 11.1 Å². The van der Waals surface area contributed by atoms with Gasteiger partial charge < -0.3 is 20.7 Å². The highest BCUT2D eigenvalue weighted by Gasteiger charge is 2.43. The summed E-state index contributed by atoms with van der Waals surface area (Å²) in [6.07, 6.45) is -0.0632. The minimum atomic E-state index is -1.23. The maximum absolute atomic E-state index is 12.5. The second-order valence-electron chi connectivity index (χ2n) is 7.56. The molecular weight excluding hydrogens is 348 g/mol. The fraction of sp³-hybridized carbons (Fsp3) is 0.474. The number of hydrogen-bond acceptors (Lipinski definition) is 5. The average molecular weight is 372 g/mol. The topological polar surface area (TPSA) is 126 Å². The van der Waals surface area contributed by atoms with Gasteiger partial charge in [0.25, 0.3) is 5.91 Å². The van der Waals surface area contributed by atoms with E-state index >= 15 is 0 Å². The molecule has 0 spiro atoms. The average Bonchev–Trinajstić information content (AvgIpc) is 2.60. The van der Waals surface area contributed by atoms with Crippen LogP contribution in [-0.4, -0.2) is 47.0 Å². The van der Waals surface area contributed by atoms with Gasteiger partial charge in [0.05, 0.1) is 11.6 Å². The number of nitrogens with zero attached hydrogens (tertiary/aromatic N) is 2. The molecule has 1 saturated heterocycles. The second kappa shape index (κ2) is 7.66. The van der Waals surface area contributed by atoms with Crippen molar-refractivity contribution in [3.8, 4) is 6.07 Å². The highest BCUT2D eigenvalue weighted by molar-refractivity contribution is 5.99. The van der Waals surface area contributed by atoms with Gasteiger partial charge >= 0.3 is 6.09 Å². The third kappa shape index (κ3) is 4.97. The monoisotopic (exact) mass is 372 g/mol. The minimum absolute atomic E-state index is 0.198. The zero-order chi connectivity index (χ0) is 20.2. The Morgan fingerprint density at radius 2 is 1.74 bits per heavy atom. The second-order valence-corrected chi connectivity index (χ2v) is 7.56. The van der Waals surface area contributed by atoms with E-state index in [1.54, 1.807) is 20.8 Å². The lowest BCUT2D eigenvalue weighted by Crippen LogP contribution is -2.63. The Morgan fingerprint density at radius 3 is 2.19 bits per heavy atom. The predicted molar refractivity (Wildman–Crippen MR) is 97.6 cm³/mol. The molecule has 3 N–H and O–H groups in total. The van der Waals surface area contributed by atoms with Crippen molar-refractivity contribution in [2.45, 2.75) is 44.8 Å². The first-order valence-corrected chi connectivity index (χ1v) is 8.67. The van der Waals surface area contributed by atoms with Crippen molar-refractivity contribution >= 4 is 17.9 Å². The van der Waals surface area contributed by atoms with Crippen LogP contribution in [0.1, 0.15) is 49.5 Å². The first kappa shape index (κ1) is 20.2. The van der Waals surface area contributed by atoms with Gasteiger partial charge in [0.15, 0.2) is 0 Å². The van der Waals surface area contributed by atoms with Crippen LogP contribution in [0, 0.1) is 11.3 Å². The largest absolute Gasteiger partial charge is 0.444 e. The molecule has 1 aliphatic heterocycles. The summed E-state index contributed by atoms with van der Waals surface area (Å²) >= 11 is 0. The summed E-state index contributed by atoms with van der Waals surface area (Å²) in [7, 11) is 0. The lowest BCUT2D eigenvalue weighted by molar-refractivity contribution is -0.126. The Kier molecular flexibility index (Phi) is 5.74. The summed E-state index contributed by atoms with van der Waals surface area (Å²) in [4.78, 5) is 38.3. The van der Waals surface area contributed by atoms with Crippen molar-refractivity contribution in [3.05, 3.63) is 35.4 Å². The van der Waals surface area contributed by atoms with Crippen LogP contribution in [0.3, 0.4) is 0 Å². The molecule has 1 aromatic rings. The number of benzene rings is 1. The molecule has 8 heteroatoms. The Balaban J connectivity index is 2.07. The molecule has 0 radical (unpaired) electrons. The van der Waals surface area contributed by atoms with Crippen molar-refractivity contribution in [2.24, 2.45) is 5.73 Å². The molecule has 0 bridgehead atoms. The lowest BCUT2D eigenvalue weighted by Gasteiger charge is -2.40. The van der Waals surface area contributed by atoms with E-state index in [9.17, 15) is 14.4 Å². The summed E-state index contributed by atoms with van der Waals surface area (Å²) < 4.78 is 5.34. The summed E-state index contributed by atoms with van der Waals surface area (Å²) in [5.74, 6) is -1.10. The fourth-order valence-electron chi connectivity index (χ4n) is 2.82. The molecule has 27 heavy (non-hydrogen) atoms. The zero-order valence-electron chi connectivity index (χ0n) is 15.7. The van der Waals surface area contributed by atoms with E-state index < -0.39 is 29.0 Å². The van der Waals surface area contributed by atoms with Gasteiger partial charge in [-0.25, -0.2) is 4.79 Å². The van der Waals surface area contributed by atoms with Gasteiger partial charge in [-0.15, -0.1) is 0 Å². The molecule has 8 nitrogen and oxygen atoms in total. The van der Waals surface area contributed by atoms with E-state index in [2.05, 4.69) is 5.32 Å². The van der Waals surface area contributed by atoms with Gasteiger partial charge in [-0.3, -0.25) is 9.59 Å². The number of nitriles is 1. The predicted octanol–water partition coefficient (Wildman–Crippen LogP) is 1.54. The smallest absolute Gasteiger partial charge is 0.410 e. The molecular formula is C19H24N4O4. The molecule has 0 saturated carbocycles. The first-order valence-electron chi connectivity index (χ1n) is 8.67. The molecule has 0 aromatic heterocycles. The van der Waals surface area contributed by atoms with Crippen LogP contribution in [0.4, 0.5) is 4.79 Å². The molecule has 3 amide bonds. The first-order chi connectivity index (χ1) is 12.6. The fourth-order valence-corrected chi connectivity index (χ4v) is 2.82. The maximum atomic E-state index is 12.5. The minimum Gasteiger partial charge on any atom is -0.444 e. The lowest BCUT2D eigenvalue weighted by atomic mass is 9.86. The number of ether oxygens (including phenoxy) is 1. The number of likely N-dealkylation sites (tertiary alicyclic amines) is 1. The van der Waals surface area contributed by atoms with E-state index in [1.165, 1.54) is 29.2 Å². The van der Waals surface area contributed by atoms with Crippen LogP contribution >= 0.6 is 0 Å². The Bertz CT molecular complexity index is 766. The maximum Gasteiger partial charge on any atom is 0.410 e. The summed E-state index contributed by atoms with van der Waals surface area (Å²) in [5.41, 5.74) is 4.48. The van der Waals surface area contributed by atoms with Crippen LogP contribution in [0.15, 0.2) is 24.3 Å². The molecule has 0 atom stereocenters. The number of nitrogens with one attached hydrogen (secondary N) is 1. The molecule has 1 heterocycles. The SMILES string of the molecule is CC(C)(C)OC(=O)N1CCC(NC(=O)c2ccc(C#N)cc2)(C(N)=O)CC1. The highest BCUT2D eigenvalue weighted by Crippen LogP contribution is 2.24. The number of amides is 3. The number of carbonyl (C=O) groups excluding carboxylic acids is 3. The van der Waals surface area contributed by atoms with Crippen LogP contribution in [0.2, 0.25) is 0 Å². The quantitative estimate of drug-likeness (QED) is 0.832. The van der Waals surface area contributed by atoms with Crippen LogP contribution < -0.4 is 11.1 Å². The van der Waals surface area contributed by atoms with Crippen molar-refractivity contribution in [1.82, 2.24) is 10.2 Å². The van der Waals surface area contributed by atoms with Gasteiger partial charge in [-0.05, 0) is 57.9 Å². The number of nitrogens with two attached hydrogens (primary N) is 1. The van der Waals surface area contributed by atoms with Crippen LogP contribution in [-0.2, 0) is 9.53 Å². The summed E-state index contributed by atoms with van der Waals surface area (Å²) in [6, 6.07) is 8.05. The van der Waals surface area contributed by atoms with E-state index in [0.717, 1.165) is 0 Å². The van der Waals surface area contributed by atoms with Crippen LogP contribution in [0.5, 0.6) is 0 Å². The Labute approximate surface area is 158 Å². The van der Waals surface area contributed by atoms with Gasteiger partial charge in [0.2, 0.25) is 5.91 Å². The van der Waals surface area contributed by atoms with Crippen LogP contribution in [0.25, 0.3) is 0 Å². The normalized spacial score (nSPS) is 16.1. The number of piperidine rings is 1. The molecule has 144 valence electrons. The van der Waals surface area contributed by atoms with E-state index in [0.29, 0.717) is 11.1 Å². The molecule has 1 aliphatic rings. The number of rotatable bonds is 3. The molecule has 1 aromatic carbocycles. The molecule has 0 aliphatic carbocycles. The Hall–Kier alpha value is -3.08. The number of hydrogen-bond donors (Lipinski definition) is 2. The molecule has 1 fully saturated rings. The van der Waals surface area contributed by atoms with Gasteiger partial charge in [-0.2, -0.15) is 5.26 Å². The van der Waals surface area contributed by atoms with Gasteiger partial charge in [0, 0.05) is 18.7 Å². The molecule has 2 rings (SSSR count). The van der Waals surface area contributed by atoms with E-state index in [4.69, 9.17) is 15.7 Å². The summed E-state index contributed by atoms with van der Waals surface area (Å²) in [6.45, 7) is 5.82.